The van der Waals surface area contributed by atoms with Gasteiger partial charge in [-0.3, -0.25) is 0 Å². The number of aromatic hydroxyl groups is 1. The number of benzene rings is 1. The lowest BCUT2D eigenvalue weighted by Crippen LogP contribution is -1.65. The predicted molar refractivity (Wildman–Crippen MR) is 41.3 cm³/mol. The molecular formula is C7H5NOS. The van der Waals surface area contributed by atoms with E-state index < -0.39 is 0 Å². The van der Waals surface area contributed by atoms with Gasteiger partial charge in [-0.1, -0.05) is 0 Å². The second kappa shape index (κ2) is 1.95. The largest absolute Gasteiger partial charge is 0.508 e. The van der Waals surface area contributed by atoms with Crippen LogP contribution >= 0.6 is 11.5 Å². The highest BCUT2D eigenvalue weighted by Gasteiger charge is 1.94. The quantitative estimate of drug-likeness (QED) is 0.624. The summed E-state index contributed by atoms with van der Waals surface area (Å²) in [7, 11) is 0. The molecule has 0 spiro atoms. The molecule has 0 aliphatic heterocycles. The molecule has 0 radical (unpaired) electrons. The molecule has 0 atom stereocenters. The summed E-state index contributed by atoms with van der Waals surface area (Å²) in [4.78, 5) is 0. The zero-order chi connectivity index (χ0) is 6.97. The maximum Gasteiger partial charge on any atom is 0.117 e. The van der Waals surface area contributed by atoms with Crippen LogP contribution < -0.4 is 0 Å². The highest BCUT2D eigenvalue weighted by Crippen LogP contribution is 2.19. The monoisotopic (exact) mass is 151 g/mol. The SMILES string of the molecule is Oc1ccc2csnc2c1. The van der Waals surface area contributed by atoms with E-state index in [0.29, 0.717) is 0 Å². The van der Waals surface area contributed by atoms with Crippen molar-refractivity contribution in [2.75, 3.05) is 0 Å². The maximum absolute atomic E-state index is 9.01. The lowest BCUT2D eigenvalue weighted by molar-refractivity contribution is 0.476. The molecule has 2 nitrogen and oxygen atoms in total. The van der Waals surface area contributed by atoms with Gasteiger partial charge in [0.25, 0.3) is 0 Å². The number of aromatic nitrogens is 1. The fraction of sp³-hybridized carbons (Fsp3) is 0. The summed E-state index contributed by atoms with van der Waals surface area (Å²) in [6.07, 6.45) is 0. The summed E-state index contributed by atoms with van der Waals surface area (Å²) >= 11 is 1.40. The molecule has 2 rings (SSSR count). The Morgan fingerprint density at radius 1 is 1.40 bits per heavy atom. The first kappa shape index (κ1) is 5.68. The molecule has 0 amide bonds. The first-order valence-corrected chi connectivity index (χ1v) is 3.73. The van der Waals surface area contributed by atoms with E-state index >= 15 is 0 Å². The summed E-state index contributed by atoms with van der Waals surface area (Å²) in [6.45, 7) is 0. The van der Waals surface area contributed by atoms with Crippen LogP contribution in [0.1, 0.15) is 0 Å². The lowest BCUT2D eigenvalue weighted by Gasteiger charge is -1.88. The summed E-state index contributed by atoms with van der Waals surface area (Å²) in [5, 5.41) is 12.1. The highest BCUT2D eigenvalue weighted by molar-refractivity contribution is 7.04. The van der Waals surface area contributed by atoms with Crippen LogP contribution in [0.2, 0.25) is 0 Å². The van der Waals surface area contributed by atoms with Gasteiger partial charge in [-0.15, -0.1) is 0 Å². The third-order valence-corrected chi connectivity index (χ3v) is 2.01. The smallest absolute Gasteiger partial charge is 0.117 e. The molecule has 0 saturated carbocycles. The Kier molecular flexibility index (Phi) is 1.11. The number of rotatable bonds is 0. The molecule has 0 unspecified atom stereocenters. The summed E-state index contributed by atoms with van der Waals surface area (Å²) in [5.74, 6) is 0.276. The van der Waals surface area contributed by atoms with Crippen molar-refractivity contribution in [1.82, 2.24) is 4.37 Å². The molecule has 2 aromatic rings. The Morgan fingerprint density at radius 2 is 2.30 bits per heavy atom. The van der Waals surface area contributed by atoms with Crippen LogP contribution in [-0.4, -0.2) is 9.48 Å². The molecule has 1 aromatic heterocycles. The van der Waals surface area contributed by atoms with E-state index in [4.69, 9.17) is 5.11 Å². The molecule has 1 aromatic carbocycles. The second-order valence-corrected chi connectivity index (χ2v) is 2.69. The fourth-order valence-electron chi connectivity index (χ4n) is 0.851. The molecule has 0 aliphatic rings. The van der Waals surface area contributed by atoms with Crippen LogP contribution in [0.25, 0.3) is 10.9 Å². The number of fused-ring (bicyclic) bond motifs is 1. The van der Waals surface area contributed by atoms with Gasteiger partial charge in [0, 0.05) is 16.8 Å². The number of nitrogens with zero attached hydrogens (tertiary/aromatic N) is 1. The minimum atomic E-state index is 0.276. The Morgan fingerprint density at radius 3 is 3.20 bits per heavy atom. The average molecular weight is 151 g/mol. The molecule has 0 fully saturated rings. The minimum absolute atomic E-state index is 0.276. The van der Waals surface area contributed by atoms with Crippen LogP contribution in [0.5, 0.6) is 5.75 Å². The highest BCUT2D eigenvalue weighted by atomic mass is 32.1. The van der Waals surface area contributed by atoms with Crippen molar-refractivity contribution in [3.05, 3.63) is 23.6 Å². The molecule has 1 heterocycles. The average Bonchev–Trinajstić information content (AvgIpc) is 2.33. The fourth-order valence-corrected chi connectivity index (χ4v) is 1.49. The Balaban J connectivity index is 2.86. The Labute approximate surface area is 61.9 Å². The first-order valence-electron chi connectivity index (χ1n) is 2.89. The molecule has 50 valence electrons. The van der Waals surface area contributed by atoms with Crippen LogP contribution in [0, 0.1) is 0 Å². The number of phenols is 1. The van der Waals surface area contributed by atoms with Crippen LogP contribution in [0.3, 0.4) is 0 Å². The third-order valence-electron chi connectivity index (χ3n) is 1.34. The second-order valence-electron chi connectivity index (χ2n) is 2.06. The van der Waals surface area contributed by atoms with Gasteiger partial charge in [0.05, 0.1) is 5.52 Å². The van der Waals surface area contributed by atoms with Crippen LogP contribution in [0.4, 0.5) is 0 Å². The lowest BCUT2D eigenvalue weighted by atomic mass is 10.2. The molecular weight excluding hydrogens is 146 g/mol. The number of hydrogen-bond donors (Lipinski definition) is 1. The van der Waals surface area contributed by atoms with E-state index in [1.807, 2.05) is 11.4 Å². The first-order chi connectivity index (χ1) is 4.86. The van der Waals surface area contributed by atoms with Crippen molar-refractivity contribution in [2.24, 2.45) is 0 Å². The van der Waals surface area contributed by atoms with Gasteiger partial charge in [-0.2, -0.15) is 4.37 Å². The Bertz CT molecular complexity index is 355. The third kappa shape index (κ3) is 0.752. The van der Waals surface area contributed by atoms with Gasteiger partial charge in [-0.25, -0.2) is 0 Å². The van der Waals surface area contributed by atoms with Gasteiger partial charge in [0.2, 0.25) is 0 Å². The summed E-state index contributed by atoms with van der Waals surface area (Å²) in [5.41, 5.74) is 0.866. The minimum Gasteiger partial charge on any atom is -0.508 e. The van der Waals surface area contributed by atoms with Gasteiger partial charge < -0.3 is 5.11 Å². The normalized spacial score (nSPS) is 10.4. The van der Waals surface area contributed by atoms with Gasteiger partial charge in [0.1, 0.15) is 5.75 Å². The van der Waals surface area contributed by atoms with Crippen molar-refractivity contribution >= 4 is 22.4 Å². The summed E-state index contributed by atoms with van der Waals surface area (Å²) < 4.78 is 4.06. The maximum atomic E-state index is 9.01. The van der Waals surface area contributed by atoms with E-state index in [1.54, 1.807) is 12.1 Å². The van der Waals surface area contributed by atoms with Crippen LogP contribution in [-0.2, 0) is 0 Å². The summed E-state index contributed by atoms with van der Waals surface area (Å²) in [6, 6.07) is 5.18. The molecule has 0 bridgehead atoms. The zero-order valence-corrected chi connectivity index (χ0v) is 5.93. The predicted octanol–water partition coefficient (Wildman–Crippen LogP) is 2.00. The van der Waals surface area contributed by atoms with E-state index in [0.717, 1.165) is 10.9 Å². The Hall–Kier alpha value is -1.09. The molecule has 1 N–H and O–H groups in total. The standard InChI is InChI=1S/C7H5NOS/c9-6-2-1-5-4-10-8-7(5)3-6/h1-4,9H. The van der Waals surface area contributed by atoms with Crippen molar-refractivity contribution < 1.29 is 5.11 Å². The number of hydrogen-bond acceptors (Lipinski definition) is 3. The van der Waals surface area contributed by atoms with E-state index in [2.05, 4.69) is 4.37 Å². The van der Waals surface area contributed by atoms with Gasteiger partial charge in [-0.05, 0) is 23.7 Å². The van der Waals surface area contributed by atoms with Gasteiger partial charge >= 0.3 is 0 Å². The van der Waals surface area contributed by atoms with Crippen molar-refractivity contribution in [3.8, 4) is 5.75 Å². The molecule has 0 aliphatic carbocycles. The van der Waals surface area contributed by atoms with E-state index in [1.165, 1.54) is 11.5 Å². The molecule has 3 heteroatoms. The molecule has 0 saturated heterocycles. The van der Waals surface area contributed by atoms with E-state index in [-0.39, 0.29) is 5.75 Å². The van der Waals surface area contributed by atoms with Crippen molar-refractivity contribution in [3.63, 3.8) is 0 Å². The number of phenolic OH excluding ortho intramolecular Hbond substituents is 1. The van der Waals surface area contributed by atoms with Crippen LogP contribution in [0.15, 0.2) is 23.6 Å². The van der Waals surface area contributed by atoms with Gasteiger partial charge in [0.15, 0.2) is 0 Å². The van der Waals surface area contributed by atoms with E-state index in [9.17, 15) is 0 Å². The zero-order valence-electron chi connectivity index (χ0n) is 5.11. The molecule has 10 heavy (non-hydrogen) atoms. The van der Waals surface area contributed by atoms with Crippen molar-refractivity contribution in [1.29, 1.82) is 0 Å². The topological polar surface area (TPSA) is 33.1 Å². The van der Waals surface area contributed by atoms with Crippen molar-refractivity contribution in [2.45, 2.75) is 0 Å².